The average Bonchev–Trinajstić information content (AvgIpc) is 2.99. The third-order valence-electron chi connectivity index (χ3n) is 9.86. The molecule has 0 aliphatic heterocycles. The first-order valence-electron chi connectivity index (χ1n) is 12.4. The second kappa shape index (κ2) is 7.52. The topological polar surface area (TPSA) is 40.5 Å². The van der Waals surface area contributed by atoms with E-state index in [-0.39, 0.29) is 11.5 Å². The minimum Gasteiger partial charge on any atom is -0.393 e. The van der Waals surface area contributed by atoms with Gasteiger partial charge in [0.2, 0.25) is 0 Å². The lowest BCUT2D eigenvalue weighted by atomic mass is 9.49. The lowest BCUT2D eigenvalue weighted by molar-refractivity contribution is -0.132. The summed E-state index contributed by atoms with van der Waals surface area (Å²) in [7, 11) is 0. The second-order valence-corrected chi connectivity index (χ2v) is 12.0. The summed E-state index contributed by atoms with van der Waals surface area (Å²) in [5.41, 5.74) is 2.69. The van der Waals surface area contributed by atoms with Crippen molar-refractivity contribution in [3.8, 4) is 0 Å². The molecule has 4 aliphatic rings. The molecule has 2 heteroatoms. The van der Waals surface area contributed by atoms with Gasteiger partial charge < -0.3 is 10.2 Å². The fourth-order valence-corrected chi connectivity index (χ4v) is 7.93. The highest BCUT2D eigenvalue weighted by Crippen LogP contribution is 2.65. The van der Waals surface area contributed by atoms with Crippen LogP contribution in [0.15, 0.2) is 23.3 Å². The summed E-state index contributed by atoms with van der Waals surface area (Å²) < 4.78 is 0. The molecule has 0 saturated heterocycles. The van der Waals surface area contributed by atoms with E-state index in [0.29, 0.717) is 17.8 Å². The van der Waals surface area contributed by atoms with Crippen molar-refractivity contribution >= 4 is 0 Å². The Labute approximate surface area is 178 Å². The van der Waals surface area contributed by atoms with Crippen molar-refractivity contribution in [3.63, 3.8) is 0 Å². The minimum atomic E-state index is -0.838. The van der Waals surface area contributed by atoms with Gasteiger partial charge in [0, 0.05) is 11.8 Å². The maximum atomic E-state index is 11.5. The van der Waals surface area contributed by atoms with E-state index < -0.39 is 5.60 Å². The highest BCUT2D eigenvalue weighted by atomic mass is 16.3. The molecule has 2 saturated carbocycles. The predicted molar refractivity (Wildman–Crippen MR) is 120 cm³/mol. The first-order chi connectivity index (χ1) is 13.6. The fourth-order valence-electron chi connectivity index (χ4n) is 7.93. The summed E-state index contributed by atoms with van der Waals surface area (Å²) in [6.07, 6.45) is 15.4. The number of rotatable bonds is 5. The first kappa shape index (κ1) is 21.6. The first-order valence-corrected chi connectivity index (χ1v) is 12.4. The van der Waals surface area contributed by atoms with Crippen LogP contribution in [0.5, 0.6) is 0 Å². The molecule has 0 aromatic rings. The number of hydrogen-bond acceptors (Lipinski definition) is 2. The molecule has 1 unspecified atom stereocenters. The molecule has 4 rings (SSSR count). The van der Waals surface area contributed by atoms with Crippen LogP contribution in [-0.4, -0.2) is 21.9 Å². The predicted octanol–water partition coefficient (Wildman–Crippen LogP) is 6.42. The standard InChI is InChI=1S/C27H44O2/c1-18(2)7-6-8-19(3)22-9-10-23-21-12-16-27(29)17-20(28)11-15-26(27,5)24(21)13-14-25(22,23)4/h12,16,18-20,22,24,28-29H,6-11,13-15,17H2,1-5H3/t19?,20-,22+,24-,25+,26+,27+/m0/s1. The van der Waals surface area contributed by atoms with Crippen molar-refractivity contribution in [2.45, 2.75) is 111 Å². The zero-order valence-electron chi connectivity index (χ0n) is 19.5. The number of fused-ring (bicyclic) bond motifs is 4. The molecule has 0 radical (unpaired) electrons. The Kier molecular flexibility index (Phi) is 5.61. The molecule has 0 aromatic carbocycles. The molecule has 0 spiro atoms. The fraction of sp³-hybridized carbons (Fsp3) is 0.852. The largest absolute Gasteiger partial charge is 0.393 e. The van der Waals surface area contributed by atoms with Crippen LogP contribution in [0.4, 0.5) is 0 Å². The van der Waals surface area contributed by atoms with E-state index >= 15 is 0 Å². The van der Waals surface area contributed by atoms with Crippen LogP contribution in [0.2, 0.25) is 0 Å². The quantitative estimate of drug-likeness (QED) is 0.559. The molecule has 7 atom stereocenters. The van der Waals surface area contributed by atoms with Crippen LogP contribution in [-0.2, 0) is 0 Å². The number of hydrogen-bond donors (Lipinski definition) is 2. The Morgan fingerprint density at radius 3 is 2.55 bits per heavy atom. The third-order valence-corrected chi connectivity index (χ3v) is 9.86. The Balaban J connectivity index is 1.61. The van der Waals surface area contributed by atoms with Gasteiger partial charge in [0.15, 0.2) is 0 Å². The molecule has 0 aromatic heterocycles. The monoisotopic (exact) mass is 400 g/mol. The second-order valence-electron chi connectivity index (χ2n) is 12.0. The van der Waals surface area contributed by atoms with E-state index in [1.165, 1.54) is 44.9 Å². The van der Waals surface area contributed by atoms with Crippen molar-refractivity contribution < 1.29 is 10.2 Å². The summed E-state index contributed by atoms with van der Waals surface area (Å²) in [6.45, 7) is 12.1. The molecule has 0 heterocycles. The Morgan fingerprint density at radius 1 is 1.07 bits per heavy atom. The van der Waals surface area contributed by atoms with Gasteiger partial charge in [-0.15, -0.1) is 0 Å². The van der Waals surface area contributed by atoms with E-state index in [9.17, 15) is 10.2 Å². The molecule has 2 nitrogen and oxygen atoms in total. The summed E-state index contributed by atoms with van der Waals surface area (Å²) in [4.78, 5) is 0. The number of aliphatic hydroxyl groups is 2. The summed E-state index contributed by atoms with van der Waals surface area (Å²) in [6, 6.07) is 0. The molecule has 4 aliphatic carbocycles. The van der Waals surface area contributed by atoms with Crippen LogP contribution < -0.4 is 0 Å². The van der Waals surface area contributed by atoms with Crippen LogP contribution in [0.3, 0.4) is 0 Å². The lowest BCUT2D eigenvalue weighted by Crippen LogP contribution is -2.57. The Morgan fingerprint density at radius 2 is 1.83 bits per heavy atom. The highest BCUT2D eigenvalue weighted by molar-refractivity contribution is 5.44. The Hall–Kier alpha value is -0.600. The van der Waals surface area contributed by atoms with Crippen LogP contribution in [0.25, 0.3) is 0 Å². The van der Waals surface area contributed by atoms with Gasteiger partial charge in [-0.05, 0) is 73.2 Å². The van der Waals surface area contributed by atoms with Gasteiger partial charge in [-0.25, -0.2) is 0 Å². The van der Waals surface area contributed by atoms with Crippen molar-refractivity contribution in [2.24, 2.45) is 34.5 Å². The van der Waals surface area contributed by atoms with Crippen LogP contribution in [0.1, 0.15) is 98.8 Å². The van der Waals surface area contributed by atoms with Crippen LogP contribution >= 0.6 is 0 Å². The number of aliphatic hydroxyl groups excluding tert-OH is 1. The van der Waals surface area contributed by atoms with Gasteiger partial charge in [0.25, 0.3) is 0 Å². The van der Waals surface area contributed by atoms with Gasteiger partial charge in [-0.1, -0.05) is 71.6 Å². The Bertz CT molecular complexity index is 691. The van der Waals surface area contributed by atoms with E-state index in [2.05, 4.69) is 46.8 Å². The molecular formula is C27H44O2. The van der Waals surface area contributed by atoms with E-state index in [0.717, 1.165) is 30.6 Å². The van der Waals surface area contributed by atoms with Crippen LogP contribution in [0, 0.1) is 34.5 Å². The molecule has 2 N–H and O–H groups in total. The molecule has 0 bridgehead atoms. The summed E-state index contributed by atoms with van der Waals surface area (Å²) >= 11 is 0. The molecule has 0 amide bonds. The van der Waals surface area contributed by atoms with Gasteiger partial charge in [-0.2, -0.15) is 0 Å². The zero-order valence-corrected chi connectivity index (χ0v) is 19.5. The molecule has 29 heavy (non-hydrogen) atoms. The smallest absolute Gasteiger partial charge is 0.0914 e. The molecule has 164 valence electrons. The SMILES string of the molecule is CC(C)CCCC(C)[C@H]1CCC2=C3C=C[C@@]4(O)C[C@@H](O)CC[C@]4(C)[C@H]3CC[C@@]21C. The van der Waals surface area contributed by atoms with Crippen molar-refractivity contribution in [3.05, 3.63) is 23.3 Å². The van der Waals surface area contributed by atoms with E-state index in [1.54, 1.807) is 11.1 Å². The molecule has 2 fully saturated rings. The minimum absolute atomic E-state index is 0.119. The van der Waals surface area contributed by atoms with Gasteiger partial charge in [0.05, 0.1) is 11.7 Å². The molecular weight excluding hydrogens is 356 g/mol. The van der Waals surface area contributed by atoms with Crippen molar-refractivity contribution in [1.29, 1.82) is 0 Å². The van der Waals surface area contributed by atoms with E-state index in [1.807, 2.05) is 0 Å². The average molecular weight is 401 g/mol. The summed E-state index contributed by atoms with van der Waals surface area (Å²) in [5.74, 6) is 2.89. The third kappa shape index (κ3) is 3.37. The highest BCUT2D eigenvalue weighted by Gasteiger charge is 2.59. The van der Waals surface area contributed by atoms with Gasteiger partial charge in [-0.3, -0.25) is 0 Å². The van der Waals surface area contributed by atoms with Crippen molar-refractivity contribution in [2.75, 3.05) is 0 Å². The zero-order chi connectivity index (χ0) is 21.0. The lowest BCUT2D eigenvalue weighted by Gasteiger charge is -2.58. The number of allylic oxidation sites excluding steroid dienone is 3. The maximum Gasteiger partial charge on any atom is 0.0914 e. The normalized spacial score (nSPS) is 45.2. The maximum absolute atomic E-state index is 11.5. The summed E-state index contributed by atoms with van der Waals surface area (Å²) in [5, 5.41) is 21.7. The van der Waals surface area contributed by atoms with Gasteiger partial charge >= 0.3 is 0 Å². The van der Waals surface area contributed by atoms with Crippen molar-refractivity contribution in [1.82, 2.24) is 0 Å². The van der Waals surface area contributed by atoms with Gasteiger partial charge in [0.1, 0.15) is 0 Å². The van der Waals surface area contributed by atoms with E-state index in [4.69, 9.17) is 0 Å².